The van der Waals surface area contributed by atoms with Crippen molar-refractivity contribution in [3.8, 4) is 5.75 Å². The highest BCUT2D eigenvalue weighted by molar-refractivity contribution is 9.10. The van der Waals surface area contributed by atoms with Crippen molar-refractivity contribution in [3.63, 3.8) is 0 Å². The molecule has 0 fully saturated rings. The molecule has 118 valence electrons. The van der Waals surface area contributed by atoms with E-state index < -0.39 is 0 Å². The SMILES string of the molecule is CCOc1ccccc1NC(=O)c1oc2cc(Br)ccc2c1C. The number of aryl methyl sites for hydroxylation is 1. The quantitative estimate of drug-likeness (QED) is 0.687. The molecule has 1 amide bonds. The molecule has 0 bridgehead atoms. The van der Waals surface area contributed by atoms with Crippen molar-refractivity contribution in [3.05, 3.63) is 58.3 Å². The van der Waals surface area contributed by atoms with Crippen LogP contribution < -0.4 is 10.1 Å². The number of anilines is 1. The van der Waals surface area contributed by atoms with E-state index in [9.17, 15) is 4.79 Å². The van der Waals surface area contributed by atoms with Gasteiger partial charge >= 0.3 is 0 Å². The molecule has 0 spiro atoms. The number of carbonyl (C=O) groups is 1. The van der Waals surface area contributed by atoms with Crippen LogP contribution in [0.3, 0.4) is 0 Å². The third-order valence-corrected chi connectivity index (χ3v) is 4.03. The smallest absolute Gasteiger partial charge is 0.291 e. The molecule has 3 aromatic rings. The van der Waals surface area contributed by atoms with Gasteiger partial charge in [-0.2, -0.15) is 0 Å². The van der Waals surface area contributed by atoms with Crippen LogP contribution in [-0.4, -0.2) is 12.5 Å². The lowest BCUT2D eigenvalue weighted by atomic mass is 10.1. The maximum absolute atomic E-state index is 12.6. The molecule has 1 aromatic heterocycles. The minimum atomic E-state index is -0.290. The molecule has 0 atom stereocenters. The van der Waals surface area contributed by atoms with Crippen molar-refractivity contribution in [2.24, 2.45) is 0 Å². The van der Waals surface area contributed by atoms with Crippen LogP contribution in [0.2, 0.25) is 0 Å². The van der Waals surface area contributed by atoms with Crippen LogP contribution in [0.4, 0.5) is 5.69 Å². The Morgan fingerprint density at radius 3 is 2.83 bits per heavy atom. The summed E-state index contributed by atoms with van der Waals surface area (Å²) in [5.74, 6) is 0.659. The Morgan fingerprint density at radius 1 is 1.26 bits per heavy atom. The zero-order chi connectivity index (χ0) is 16.4. The first-order valence-electron chi connectivity index (χ1n) is 7.32. The van der Waals surface area contributed by atoms with Crippen molar-refractivity contribution in [2.45, 2.75) is 13.8 Å². The number of nitrogens with one attached hydrogen (secondary N) is 1. The highest BCUT2D eigenvalue weighted by Gasteiger charge is 2.19. The van der Waals surface area contributed by atoms with Crippen LogP contribution in [0.5, 0.6) is 5.75 Å². The molecule has 1 heterocycles. The molecule has 3 rings (SSSR count). The predicted octanol–water partition coefficient (Wildman–Crippen LogP) is 5.15. The summed E-state index contributed by atoms with van der Waals surface area (Å²) in [5, 5.41) is 3.79. The Morgan fingerprint density at radius 2 is 2.04 bits per heavy atom. The monoisotopic (exact) mass is 373 g/mol. The molecule has 1 N–H and O–H groups in total. The summed E-state index contributed by atoms with van der Waals surface area (Å²) in [6.45, 7) is 4.31. The second-order valence-corrected chi connectivity index (χ2v) is 6.00. The molecule has 0 aliphatic rings. The molecule has 23 heavy (non-hydrogen) atoms. The summed E-state index contributed by atoms with van der Waals surface area (Å²) in [7, 11) is 0. The number of fused-ring (bicyclic) bond motifs is 1. The van der Waals surface area contributed by atoms with Crippen molar-refractivity contribution in [2.75, 3.05) is 11.9 Å². The molecule has 0 aliphatic carbocycles. The largest absolute Gasteiger partial charge is 0.492 e. The van der Waals surface area contributed by atoms with Gasteiger partial charge in [-0.3, -0.25) is 4.79 Å². The zero-order valence-electron chi connectivity index (χ0n) is 12.9. The Bertz CT molecular complexity index is 870. The highest BCUT2D eigenvalue weighted by Crippen LogP contribution is 2.30. The van der Waals surface area contributed by atoms with Gasteiger partial charge < -0.3 is 14.5 Å². The van der Waals surface area contributed by atoms with Crippen molar-refractivity contribution in [1.29, 1.82) is 0 Å². The molecule has 0 radical (unpaired) electrons. The van der Waals surface area contributed by atoms with E-state index in [1.807, 2.05) is 50.2 Å². The first-order chi connectivity index (χ1) is 11.1. The average Bonchev–Trinajstić information content (AvgIpc) is 2.86. The van der Waals surface area contributed by atoms with E-state index in [4.69, 9.17) is 9.15 Å². The Labute approximate surface area is 142 Å². The molecule has 0 saturated carbocycles. The van der Waals surface area contributed by atoms with Crippen LogP contribution in [0.1, 0.15) is 23.0 Å². The number of amides is 1. The maximum atomic E-state index is 12.6. The van der Waals surface area contributed by atoms with Gasteiger partial charge in [0, 0.05) is 15.4 Å². The fraction of sp³-hybridized carbons (Fsp3) is 0.167. The summed E-state index contributed by atoms with van der Waals surface area (Å²) in [4.78, 5) is 12.6. The first-order valence-corrected chi connectivity index (χ1v) is 8.11. The second kappa shape index (κ2) is 6.46. The van der Waals surface area contributed by atoms with Gasteiger partial charge in [0.1, 0.15) is 11.3 Å². The van der Waals surface area contributed by atoms with E-state index in [-0.39, 0.29) is 5.91 Å². The summed E-state index contributed by atoms with van der Waals surface area (Å²) >= 11 is 3.41. The molecular formula is C18H16BrNO3. The fourth-order valence-electron chi connectivity index (χ4n) is 2.45. The van der Waals surface area contributed by atoms with Crippen molar-refractivity contribution >= 4 is 38.5 Å². The van der Waals surface area contributed by atoms with Gasteiger partial charge in [0.05, 0.1) is 12.3 Å². The molecule has 2 aromatic carbocycles. The number of benzene rings is 2. The van der Waals surface area contributed by atoms with E-state index >= 15 is 0 Å². The third-order valence-electron chi connectivity index (χ3n) is 3.54. The number of hydrogen-bond donors (Lipinski definition) is 1. The predicted molar refractivity (Wildman–Crippen MR) is 94.2 cm³/mol. The van der Waals surface area contributed by atoms with E-state index in [2.05, 4.69) is 21.2 Å². The van der Waals surface area contributed by atoms with Crippen LogP contribution in [-0.2, 0) is 0 Å². The van der Waals surface area contributed by atoms with E-state index in [1.54, 1.807) is 6.07 Å². The molecule has 4 nitrogen and oxygen atoms in total. The first kappa shape index (κ1) is 15.6. The zero-order valence-corrected chi connectivity index (χ0v) is 14.4. The lowest BCUT2D eigenvalue weighted by Gasteiger charge is -2.10. The van der Waals surface area contributed by atoms with Gasteiger partial charge in [-0.25, -0.2) is 0 Å². The average molecular weight is 374 g/mol. The van der Waals surface area contributed by atoms with E-state index in [0.717, 1.165) is 15.4 Å². The van der Waals surface area contributed by atoms with E-state index in [0.29, 0.717) is 29.4 Å². The van der Waals surface area contributed by atoms with Gasteiger partial charge in [-0.1, -0.05) is 28.1 Å². The van der Waals surface area contributed by atoms with Crippen LogP contribution in [0, 0.1) is 6.92 Å². The Hall–Kier alpha value is -2.27. The van der Waals surface area contributed by atoms with Crippen LogP contribution in [0.25, 0.3) is 11.0 Å². The van der Waals surface area contributed by atoms with Crippen molar-refractivity contribution in [1.82, 2.24) is 0 Å². The summed E-state index contributed by atoms with van der Waals surface area (Å²) in [6.07, 6.45) is 0. The van der Waals surface area contributed by atoms with Crippen LogP contribution in [0.15, 0.2) is 51.4 Å². The van der Waals surface area contributed by atoms with Crippen LogP contribution >= 0.6 is 15.9 Å². The van der Waals surface area contributed by atoms with Gasteiger partial charge in [-0.05, 0) is 44.2 Å². The number of halogens is 1. The number of para-hydroxylation sites is 2. The maximum Gasteiger partial charge on any atom is 0.291 e. The standard InChI is InChI=1S/C18H16BrNO3/c1-3-22-15-7-5-4-6-14(15)20-18(21)17-11(2)13-9-8-12(19)10-16(13)23-17/h4-10H,3H2,1-2H3,(H,20,21). The Balaban J connectivity index is 1.94. The third kappa shape index (κ3) is 3.10. The number of furan rings is 1. The van der Waals surface area contributed by atoms with Gasteiger partial charge in [-0.15, -0.1) is 0 Å². The highest BCUT2D eigenvalue weighted by atomic mass is 79.9. The molecule has 0 aliphatic heterocycles. The molecule has 5 heteroatoms. The lowest BCUT2D eigenvalue weighted by Crippen LogP contribution is -2.13. The number of rotatable bonds is 4. The normalized spacial score (nSPS) is 10.7. The second-order valence-electron chi connectivity index (χ2n) is 5.08. The lowest BCUT2D eigenvalue weighted by molar-refractivity contribution is 0.0997. The van der Waals surface area contributed by atoms with Gasteiger partial charge in [0.15, 0.2) is 5.76 Å². The molecule has 0 unspecified atom stereocenters. The Kier molecular flexibility index (Phi) is 4.39. The van der Waals surface area contributed by atoms with E-state index in [1.165, 1.54) is 0 Å². The van der Waals surface area contributed by atoms with Gasteiger partial charge in [0.2, 0.25) is 0 Å². The molecule has 0 saturated heterocycles. The van der Waals surface area contributed by atoms with Gasteiger partial charge in [0.25, 0.3) is 5.91 Å². The number of hydrogen-bond acceptors (Lipinski definition) is 3. The molecular weight excluding hydrogens is 358 g/mol. The number of carbonyl (C=O) groups excluding carboxylic acids is 1. The number of ether oxygens (including phenoxy) is 1. The minimum absolute atomic E-state index is 0.290. The topological polar surface area (TPSA) is 51.5 Å². The fourth-order valence-corrected chi connectivity index (χ4v) is 2.79. The summed E-state index contributed by atoms with van der Waals surface area (Å²) in [5.41, 5.74) is 2.12. The minimum Gasteiger partial charge on any atom is -0.492 e. The summed E-state index contributed by atoms with van der Waals surface area (Å²) < 4.78 is 12.2. The summed E-state index contributed by atoms with van der Waals surface area (Å²) in [6, 6.07) is 13.1. The van der Waals surface area contributed by atoms with Crippen molar-refractivity contribution < 1.29 is 13.9 Å².